The summed E-state index contributed by atoms with van der Waals surface area (Å²) in [6, 6.07) is 30.1. The Balaban J connectivity index is 1.83. The molecule has 0 saturated heterocycles. The van der Waals surface area contributed by atoms with Crippen LogP contribution in [-0.4, -0.2) is 0 Å². The molecule has 0 atom stereocenters. The molecule has 0 radical (unpaired) electrons. The van der Waals surface area contributed by atoms with Crippen molar-refractivity contribution in [3.05, 3.63) is 151 Å². The van der Waals surface area contributed by atoms with Gasteiger partial charge < -0.3 is 0 Å². The number of rotatable bonds is 11. The van der Waals surface area contributed by atoms with Crippen LogP contribution >= 0.6 is 0 Å². The molecule has 3 rings (SSSR count). The van der Waals surface area contributed by atoms with Gasteiger partial charge in [-0.05, 0) is 60.4 Å². The molecule has 0 heteroatoms. The van der Waals surface area contributed by atoms with Crippen molar-refractivity contribution >= 4 is 5.57 Å². The van der Waals surface area contributed by atoms with Crippen LogP contribution in [0.4, 0.5) is 0 Å². The normalized spacial score (nSPS) is 12.5. The number of hydrogen-bond donors (Lipinski definition) is 0. The van der Waals surface area contributed by atoms with E-state index in [-0.39, 0.29) is 0 Å². The van der Waals surface area contributed by atoms with E-state index in [0.29, 0.717) is 0 Å². The second-order valence-electron chi connectivity index (χ2n) is 8.37. The fourth-order valence-corrected chi connectivity index (χ4v) is 4.00. The Bertz CT molecular complexity index is 1110. The van der Waals surface area contributed by atoms with Crippen LogP contribution in [0.25, 0.3) is 16.7 Å². The van der Waals surface area contributed by atoms with Crippen molar-refractivity contribution in [2.75, 3.05) is 0 Å². The molecule has 0 nitrogen and oxygen atoms in total. The van der Waals surface area contributed by atoms with Gasteiger partial charge in [-0.15, -0.1) is 0 Å². The van der Waals surface area contributed by atoms with Gasteiger partial charge in [-0.3, -0.25) is 0 Å². The molecule has 166 valence electrons. The summed E-state index contributed by atoms with van der Waals surface area (Å²) < 4.78 is 0. The van der Waals surface area contributed by atoms with E-state index in [2.05, 4.69) is 123 Å². The SMILES string of the molecule is C=C/C=C(/C)CCC/C(=C\C(=C/C=C)c1ccccc1)Cc1ccc(-c2ccccc2)cc1. The lowest BCUT2D eigenvalue weighted by Crippen LogP contribution is -1.94. The molecular formula is C33H34. The van der Waals surface area contributed by atoms with Gasteiger partial charge in [0.2, 0.25) is 0 Å². The number of hydrogen-bond acceptors (Lipinski definition) is 0. The van der Waals surface area contributed by atoms with Crippen LogP contribution in [0, 0.1) is 0 Å². The maximum atomic E-state index is 3.94. The lowest BCUT2D eigenvalue weighted by molar-refractivity contribution is 0.786. The third-order valence-electron chi connectivity index (χ3n) is 5.73. The van der Waals surface area contributed by atoms with Crippen molar-refractivity contribution < 1.29 is 0 Å². The minimum absolute atomic E-state index is 0.945. The van der Waals surface area contributed by atoms with E-state index in [0.717, 1.165) is 25.7 Å². The van der Waals surface area contributed by atoms with Crippen LogP contribution in [-0.2, 0) is 6.42 Å². The summed E-state index contributed by atoms with van der Waals surface area (Å²) in [6.45, 7) is 9.94. The monoisotopic (exact) mass is 430 g/mol. The predicted octanol–water partition coefficient (Wildman–Crippen LogP) is 9.39. The summed E-state index contributed by atoms with van der Waals surface area (Å²) in [4.78, 5) is 0. The molecule has 0 aliphatic carbocycles. The molecule has 0 unspecified atom stereocenters. The molecule has 3 aromatic rings. The molecule has 0 N–H and O–H groups in total. The van der Waals surface area contributed by atoms with E-state index in [9.17, 15) is 0 Å². The maximum absolute atomic E-state index is 3.94. The maximum Gasteiger partial charge on any atom is -0.00638 e. The second-order valence-corrected chi connectivity index (χ2v) is 8.37. The molecule has 0 aliphatic heterocycles. The highest BCUT2D eigenvalue weighted by Crippen LogP contribution is 2.25. The quantitative estimate of drug-likeness (QED) is 0.266. The van der Waals surface area contributed by atoms with Crippen LogP contribution in [0.15, 0.2) is 140 Å². The number of benzene rings is 3. The van der Waals surface area contributed by atoms with Crippen molar-refractivity contribution in [3.63, 3.8) is 0 Å². The van der Waals surface area contributed by atoms with Crippen LogP contribution < -0.4 is 0 Å². The van der Waals surface area contributed by atoms with Gasteiger partial charge in [0.25, 0.3) is 0 Å². The summed E-state index contributed by atoms with van der Waals surface area (Å²) in [5.74, 6) is 0. The van der Waals surface area contributed by atoms with Crippen LogP contribution in [0.5, 0.6) is 0 Å². The highest BCUT2D eigenvalue weighted by atomic mass is 14.1. The predicted molar refractivity (Wildman–Crippen MR) is 146 cm³/mol. The van der Waals surface area contributed by atoms with Gasteiger partial charge in [0, 0.05) is 0 Å². The summed E-state index contributed by atoms with van der Waals surface area (Å²) in [5, 5.41) is 0. The van der Waals surface area contributed by atoms with Crippen molar-refractivity contribution in [1.29, 1.82) is 0 Å². The van der Waals surface area contributed by atoms with Crippen LogP contribution in [0.1, 0.15) is 37.3 Å². The Morgan fingerprint density at radius 1 is 0.697 bits per heavy atom. The fraction of sp³-hybridized carbons (Fsp3) is 0.152. The van der Waals surface area contributed by atoms with E-state index in [1.54, 1.807) is 0 Å². The smallest absolute Gasteiger partial charge is 0.00638 e. The Kier molecular flexibility index (Phi) is 9.48. The van der Waals surface area contributed by atoms with Crippen molar-refractivity contribution in [1.82, 2.24) is 0 Å². The Morgan fingerprint density at radius 3 is 1.94 bits per heavy atom. The molecule has 0 aliphatic rings. The van der Waals surface area contributed by atoms with Crippen molar-refractivity contribution in [2.45, 2.75) is 32.6 Å². The zero-order valence-electron chi connectivity index (χ0n) is 19.7. The Hall–Kier alpha value is -3.64. The Labute approximate surface area is 200 Å². The minimum atomic E-state index is 0.945. The molecule has 0 saturated carbocycles. The molecule has 0 fully saturated rings. The average molecular weight is 431 g/mol. The van der Waals surface area contributed by atoms with Gasteiger partial charge in [-0.1, -0.05) is 140 Å². The summed E-state index contributed by atoms with van der Waals surface area (Å²) in [6.07, 6.45) is 14.5. The van der Waals surface area contributed by atoms with E-state index in [1.807, 2.05) is 12.2 Å². The topological polar surface area (TPSA) is 0 Å². The van der Waals surface area contributed by atoms with Gasteiger partial charge >= 0.3 is 0 Å². The third-order valence-corrected chi connectivity index (χ3v) is 5.73. The van der Waals surface area contributed by atoms with E-state index in [4.69, 9.17) is 0 Å². The first kappa shape index (κ1) is 24.0. The van der Waals surface area contributed by atoms with E-state index < -0.39 is 0 Å². The zero-order valence-corrected chi connectivity index (χ0v) is 19.7. The molecule has 3 aromatic carbocycles. The lowest BCUT2D eigenvalue weighted by Gasteiger charge is -2.12. The largest absolute Gasteiger partial charge is 0.0991 e. The van der Waals surface area contributed by atoms with E-state index >= 15 is 0 Å². The zero-order chi connectivity index (χ0) is 23.3. The molecule has 0 heterocycles. The Morgan fingerprint density at radius 2 is 1.30 bits per heavy atom. The molecule has 33 heavy (non-hydrogen) atoms. The molecule has 0 spiro atoms. The van der Waals surface area contributed by atoms with Gasteiger partial charge in [-0.2, -0.15) is 0 Å². The van der Waals surface area contributed by atoms with E-state index in [1.165, 1.54) is 39.0 Å². The number of allylic oxidation sites excluding steroid dienone is 8. The van der Waals surface area contributed by atoms with Crippen molar-refractivity contribution in [2.24, 2.45) is 0 Å². The highest BCUT2D eigenvalue weighted by Gasteiger charge is 2.06. The summed E-state index contributed by atoms with van der Waals surface area (Å²) >= 11 is 0. The van der Waals surface area contributed by atoms with Gasteiger partial charge in [0.1, 0.15) is 0 Å². The van der Waals surface area contributed by atoms with Crippen LogP contribution in [0.3, 0.4) is 0 Å². The highest BCUT2D eigenvalue weighted by molar-refractivity contribution is 5.76. The average Bonchev–Trinajstić information content (AvgIpc) is 2.85. The summed E-state index contributed by atoms with van der Waals surface area (Å²) in [5.41, 5.74) is 9.09. The third kappa shape index (κ3) is 7.77. The fourth-order valence-electron chi connectivity index (χ4n) is 4.00. The molecule has 0 aromatic heterocycles. The van der Waals surface area contributed by atoms with Gasteiger partial charge in [0.05, 0.1) is 0 Å². The standard InChI is InChI=1S/C33H34/c1-4-13-27(3)15-12-16-29(26-33(14-5-2)31-19-10-7-11-20-31)25-28-21-23-32(24-22-28)30-17-8-6-9-18-30/h4-11,13-14,17-24,26H,1-2,12,15-16,25H2,3H3/b27-13-,29-26+,33-14+. The minimum Gasteiger partial charge on any atom is -0.0991 e. The first-order chi connectivity index (χ1) is 16.2. The van der Waals surface area contributed by atoms with Crippen LogP contribution in [0.2, 0.25) is 0 Å². The van der Waals surface area contributed by atoms with Gasteiger partial charge in [-0.25, -0.2) is 0 Å². The lowest BCUT2D eigenvalue weighted by atomic mass is 9.93. The first-order valence-corrected chi connectivity index (χ1v) is 11.7. The molecular weight excluding hydrogens is 396 g/mol. The van der Waals surface area contributed by atoms with Crippen molar-refractivity contribution in [3.8, 4) is 11.1 Å². The molecule has 0 amide bonds. The van der Waals surface area contributed by atoms with Gasteiger partial charge in [0.15, 0.2) is 0 Å². The summed E-state index contributed by atoms with van der Waals surface area (Å²) in [7, 11) is 0. The molecule has 0 bridgehead atoms. The second kappa shape index (κ2) is 13.0. The first-order valence-electron chi connectivity index (χ1n) is 11.7.